The van der Waals surface area contributed by atoms with Crippen molar-refractivity contribution in [3.8, 4) is 57.3 Å². The molecule has 278 valence electrons. The zero-order chi connectivity index (χ0) is 38.2. The van der Waals surface area contributed by atoms with E-state index in [1.807, 2.05) is 48.5 Å². The van der Waals surface area contributed by atoms with Crippen LogP contribution in [-0.2, 0) is 0 Å². The van der Waals surface area contributed by atoms with Crippen LogP contribution in [0.1, 0.15) is 0 Å². The molecule has 4 aromatic carbocycles. The van der Waals surface area contributed by atoms with Crippen molar-refractivity contribution in [3.63, 3.8) is 0 Å². The topological polar surface area (TPSA) is 209 Å². The molecule has 0 aliphatic rings. The van der Waals surface area contributed by atoms with Crippen molar-refractivity contribution in [2.45, 2.75) is 9.79 Å². The summed E-state index contributed by atoms with van der Waals surface area (Å²) in [5.41, 5.74) is 15.0. The molecule has 0 fully saturated rings. The highest BCUT2D eigenvalue weighted by atomic mass is 33.1. The normalized spacial score (nSPS) is 10.7. The molecule has 6 aromatic rings. The van der Waals surface area contributed by atoms with Crippen LogP contribution in [0.2, 0.25) is 0 Å². The first-order chi connectivity index (χ1) is 26.3. The number of nitrogens with one attached hydrogen (secondary N) is 2. The Morgan fingerprint density at radius 1 is 0.463 bits per heavy atom. The van der Waals surface area contributed by atoms with E-state index in [9.17, 15) is 0 Å². The predicted molar refractivity (Wildman–Crippen MR) is 210 cm³/mol. The molecule has 0 spiro atoms. The van der Waals surface area contributed by atoms with Crippen LogP contribution < -0.4 is 50.5 Å². The molecule has 0 saturated heterocycles. The number of ether oxygens (including phenoxy) is 6. The Morgan fingerprint density at radius 3 is 1.15 bits per heavy atom. The van der Waals surface area contributed by atoms with Gasteiger partial charge in [-0.1, -0.05) is 45.9 Å². The van der Waals surface area contributed by atoms with Crippen molar-refractivity contribution < 1.29 is 28.4 Å². The zero-order valence-electron chi connectivity index (χ0n) is 30.0. The average Bonchev–Trinajstić information content (AvgIpc) is 3.19. The van der Waals surface area contributed by atoms with E-state index in [-0.39, 0.29) is 23.8 Å². The van der Waals surface area contributed by atoms with Gasteiger partial charge in [-0.05, 0) is 48.5 Å². The third-order valence-corrected chi connectivity index (χ3v) is 10.1. The SMILES string of the molecule is COc1cc(-c2nc(N)nc(Nc3ccccc3SSc3ccccc3Nc3nc(N)nc(-c4cc(OC)c(OC)c(OC)c4)n3)n2)cc(OC)c1OC. The molecule has 0 radical (unpaired) electrons. The fourth-order valence-electron chi connectivity index (χ4n) is 5.19. The van der Waals surface area contributed by atoms with Crippen molar-refractivity contribution >= 4 is 56.8 Å². The molecular weight excluding hydrogens is 733 g/mol. The van der Waals surface area contributed by atoms with Crippen LogP contribution in [0.4, 0.5) is 35.2 Å². The Kier molecular flexibility index (Phi) is 11.7. The van der Waals surface area contributed by atoms with E-state index in [2.05, 4.69) is 40.5 Å². The number of aromatic nitrogens is 6. The number of anilines is 6. The number of hydrogen-bond acceptors (Lipinski definition) is 18. The molecule has 0 saturated carbocycles. The third kappa shape index (κ3) is 8.29. The minimum Gasteiger partial charge on any atom is -0.493 e. The summed E-state index contributed by atoms with van der Waals surface area (Å²) in [7, 11) is 12.3. The third-order valence-electron chi connectivity index (χ3n) is 7.64. The standard InChI is InChI=1S/C36H36N10O6S2/c1-47-23-15-19(16-24(48-2)29(23)51-5)31-41-33(37)45-35(43-31)39-21-11-7-9-13-27(21)53-54-28-14-10-8-12-22(28)40-36-44-32(42-34(38)46-36)20-17-25(49-3)30(52-6)26(18-20)50-4/h7-18H,1-6H3,(H3,37,39,41,43,45)(H3,38,40,42,44,46). The lowest BCUT2D eigenvalue weighted by Gasteiger charge is -2.15. The lowest BCUT2D eigenvalue weighted by atomic mass is 10.1. The van der Waals surface area contributed by atoms with Gasteiger partial charge in [-0.3, -0.25) is 0 Å². The first-order valence-corrected chi connectivity index (χ1v) is 18.1. The van der Waals surface area contributed by atoms with Crippen molar-refractivity contribution in [3.05, 3.63) is 72.8 Å². The fraction of sp³-hybridized carbons (Fsp3) is 0.167. The highest BCUT2D eigenvalue weighted by molar-refractivity contribution is 8.76. The van der Waals surface area contributed by atoms with Crippen LogP contribution in [0.25, 0.3) is 22.8 Å². The van der Waals surface area contributed by atoms with E-state index < -0.39 is 0 Å². The number of hydrogen-bond donors (Lipinski definition) is 4. The van der Waals surface area contributed by atoms with E-state index in [0.717, 1.165) is 21.2 Å². The minimum atomic E-state index is 0.0307. The Balaban J connectivity index is 1.23. The molecule has 54 heavy (non-hydrogen) atoms. The highest BCUT2D eigenvalue weighted by Crippen LogP contribution is 2.45. The number of nitrogens with two attached hydrogens (primary N) is 2. The second-order valence-corrected chi connectivity index (χ2v) is 13.1. The fourth-order valence-corrected chi connectivity index (χ4v) is 7.47. The van der Waals surface area contributed by atoms with Gasteiger partial charge < -0.3 is 50.5 Å². The van der Waals surface area contributed by atoms with Gasteiger partial charge >= 0.3 is 0 Å². The molecule has 2 heterocycles. The molecule has 2 aromatic heterocycles. The molecule has 18 heteroatoms. The molecular formula is C36H36N10O6S2. The maximum absolute atomic E-state index is 6.15. The summed E-state index contributed by atoms with van der Waals surface area (Å²) >= 11 is 0. The Bertz CT molecular complexity index is 2070. The van der Waals surface area contributed by atoms with Crippen LogP contribution in [0.15, 0.2) is 82.6 Å². The largest absolute Gasteiger partial charge is 0.493 e. The van der Waals surface area contributed by atoms with Crippen LogP contribution in [0.3, 0.4) is 0 Å². The summed E-state index contributed by atoms with van der Waals surface area (Å²) in [5, 5.41) is 6.60. The average molecular weight is 769 g/mol. The number of nitrogen functional groups attached to an aromatic ring is 2. The van der Waals surface area contributed by atoms with Gasteiger partial charge in [0.05, 0.1) is 54.0 Å². The van der Waals surface area contributed by atoms with Crippen molar-refractivity contribution in [1.29, 1.82) is 0 Å². The van der Waals surface area contributed by atoms with Gasteiger partial charge in [-0.25, -0.2) is 0 Å². The van der Waals surface area contributed by atoms with Crippen LogP contribution in [0.5, 0.6) is 34.5 Å². The Labute approximate surface area is 318 Å². The monoisotopic (exact) mass is 768 g/mol. The number of methoxy groups -OCH3 is 6. The summed E-state index contributed by atoms with van der Waals surface area (Å²) < 4.78 is 32.9. The molecule has 0 atom stereocenters. The number of benzene rings is 4. The molecule has 6 rings (SSSR count). The lowest BCUT2D eigenvalue weighted by Crippen LogP contribution is -2.06. The van der Waals surface area contributed by atoms with E-state index in [0.29, 0.717) is 57.3 Å². The molecule has 0 bridgehead atoms. The summed E-state index contributed by atoms with van der Waals surface area (Å²) in [5.74, 6) is 3.89. The Hall–Kier alpha value is -6.40. The Morgan fingerprint density at radius 2 is 0.815 bits per heavy atom. The molecule has 0 amide bonds. The quantitative estimate of drug-likeness (QED) is 0.0784. The second kappa shape index (κ2) is 17.0. The number of rotatable bonds is 15. The maximum atomic E-state index is 6.15. The van der Waals surface area contributed by atoms with Crippen LogP contribution in [0, 0.1) is 0 Å². The van der Waals surface area contributed by atoms with Gasteiger partial charge in [-0.15, -0.1) is 0 Å². The first kappa shape index (κ1) is 37.4. The first-order valence-electron chi connectivity index (χ1n) is 16.0. The molecule has 0 unspecified atom stereocenters. The molecule has 0 aliphatic carbocycles. The minimum absolute atomic E-state index is 0.0307. The summed E-state index contributed by atoms with van der Waals surface area (Å²) in [6, 6.07) is 22.5. The van der Waals surface area contributed by atoms with Gasteiger partial charge in [0.1, 0.15) is 0 Å². The summed E-state index contributed by atoms with van der Waals surface area (Å²) in [6.45, 7) is 0. The van der Waals surface area contributed by atoms with E-state index in [1.54, 1.807) is 24.3 Å². The predicted octanol–water partition coefficient (Wildman–Crippen LogP) is 6.89. The molecule has 0 aliphatic heterocycles. The lowest BCUT2D eigenvalue weighted by molar-refractivity contribution is 0.324. The highest BCUT2D eigenvalue weighted by Gasteiger charge is 2.19. The zero-order valence-corrected chi connectivity index (χ0v) is 31.7. The number of nitrogens with zero attached hydrogens (tertiary/aromatic N) is 6. The van der Waals surface area contributed by atoms with Gasteiger partial charge in [0.15, 0.2) is 34.6 Å². The molecule has 6 N–H and O–H groups in total. The van der Waals surface area contributed by atoms with Gasteiger partial charge in [0.2, 0.25) is 35.3 Å². The van der Waals surface area contributed by atoms with E-state index in [1.165, 1.54) is 64.2 Å². The smallest absolute Gasteiger partial charge is 0.232 e. The van der Waals surface area contributed by atoms with Gasteiger partial charge in [-0.2, -0.15) is 29.9 Å². The number of para-hydroxylation sites is 2. The summed E-state index contributed by atoms with van der Waals surface area (Å²) in [4.78, 5) is 28.5. The van der Waals surface area contributed by atoms with E-state index in [4.69, 9.17) is 39.9 Å². The van der Waals surface area contributed by atoms with Gasteiger partial charge in [0, 0.05) is 20.9 Å². The van der Waals surface area contributed by atoms with E-state index >= 15 is 0 Å². The maximum Gasteiger partial charge on any atom is 0.232 e. The van der Waals surface area contributed by atoms with Crippen molar-refractivity contribution in [2.24, 2.45) is 0 Å². The van der Waals surface area contributed by atoms with Crippen molar-refractivity contribution in [1.82, 2.24) is 29.9 Å². The van der Waals surface area contributed by atoms with Crippen LogP contribution >= 0.6 is 21.6 Å². The van der Waals surface area contributed by atoms with Crippen molar-refractivity contribution in [2.75, 3.05) is 64.8 Å². The van der Waals surface area contributed by atoms with Crippen LogP contribution in [-0.4, -0.2) is 72.6 Å². The van der Waals surface area contributed by atoms with Gasteiger partial charge in [0.25, 0.3) is 0 Å². The second-order valence-electron chi connectivity index (χ2n) is 10.9. The molecule has 16 nitrogen and oxygen atoms in total. The summed E-state index contributed by atoms with van der Waals surface area (Å²) in [6.07, 6.45) is 0.